The largest absolute Gasteiger partial charge is 0.419 e. The number of rotatable bonds is 5. The fourth-order valence-electron chi connectivity index (χ4n) is 3.48. The van der Waals surface area contributed by atoms with Crippen LogP contribution < -0.4 is 15.2 Å². The minimum absolute atomic E-state index is 0.00813. The molecule has 1 fully saturated rings. The summed E-state index contributed by atoms with van der Waals surface area (Å²) < 4.78 is 38.1. The SMILES string of the molecule is CC(C)[C@@H](NC(=O)C1CCN(c2ccc(C(F)(F)F)c[nH+]2)CC1)c1cccs1. The first kappa shape index (κ1) is 20.6. The number of nitrogens with one attached hydrogen (secondary N) is 2. The van der Waals surface area contributed by atoms with Gasteiger partial charge in [0.25, 0.3) is 5.82 Å². The summed E-state index contributed by atoms with van der Waals surface area (Å²) in [6, 6.07) is 6.57. The molecule has 0 saturated carbocycles. The molecule has 4 nitrogen and oxygen atoms in total. The van der Waals surface area contributed by atoms with Gasteiger partial charge < -0.3 is 5.32 Å². The molecule has 0 spiro atoms. The average molecular weight is 413 g/mol. The third kappa shape index (κ3) is 4.84. The second-order valence-corrected chi connectivity index (χ2v) is 8.45. The summed E-state index contributed by atoms with van der Waals surface area (Å²) in [4.78, 5) is 18.6. The number of aromatic amines is 1. The predicted octanol–water partition coefficient (Wildman–Crippen LogP) is 4.31. The number of H-pyrrole nitrogens is 1. The number of amides is 1. The molecule has 0 unspecified atom stereocenters. The molecule has 3 heterocycles. The van der Waals surface area contributed by atoms with Crippen LogP contribution >= 0.6 is 11.3 Å². The Labute approximate surface area is 166 Å². The zero-order valence-corrected chi connectivity index (χ0v) is 16.7. The lowest BCUT2D eigenvalue weighted by Gasteiger charge is -2.29. The first-order valence-electron chi connectivity index (χ1n) is 9.43. The second-order valence-electron chi connectivity index (χ2n) is 7.47. The molecule has 28 heavy (non-hydrogen) atoms. The number of carbonyl (C=O) groups excluding carboxylic acids is 1. The van der Waals surface area contributed by atoms with Crippen molar-refractivity contribution in [1.29, 1.82) is 0 Å². The van der Waals surface area contributed by atoms with Crippen LogP contribution in [-0.2, 0) is 11.0 Å². The van der Waals surface area contributed by atoms with Crippen molar-refractivity contribution in [1.82, 2.24) is 5.32 Å². The van der Waals surface area contributed by atoms with Crippen LogP contribution in [0.1, 0.15) is 43.2 Å². The molecule has 0 radical (unpaired) electrons. The van der Waals surface area contributed by atoms with Gasteiger partial charge in [-0.2, -0.15) is 13.2 Å². The van der Waals surface area contributed by atoms with Crippen molar-refractivity contribution in [2.45, 2.75) is 38.9 Å². The highest BCUT2D eigenvalue weighted by Gasteiger charge is 2.34. The third-order valence-electron chi connectivity index (χ3n) is 5.14. The van der Waals surface area contributed by atoms with Crippen LogP contribution in [-0.4, -0.2) is 19.0 Å². The lowest BCUT2D eigenvalue weighted by Crippen LogP contribution is -2.43. The predicted molar refractivity (Wildman–Crippen MR) is 103 cm³/mol. The number of alkyl halides is 3. The minimum Gasteiger partial charge on any atom is -0.348 e. The number of hydrogen-bond donors (Lipinski definition) is 1. The van der Waals surface area contributed by atoms with E-state index in [9.17, 15) is 18.0 Å². The Bertz CT molecular complexity index is 767. The Morgan fingerprint density at radius 1 is 1.25 bits per heavy atom. The lowest BCUT2D eigenvalue weighted by atomic mass is 9.94. The van der Waals surface area contributed by atoms with Crippen LogP contribution in [0.2, 0.25) is 0 Å². The third-order valence-corrected chi connectivity index (χ3v) is 6.10. The van der Waals surface area contributed by atoms with E-state index in [1.54, 1.807) is 11.3 Å². The van der Waals surface area contributed by atoms with Gasteiger partial charge in [-0.05, 0) is 36.3 Å². The molecule has 1 aliphatic heterocycles. The minimum atomic E-state index is -4.35. The number of nitrogens with zero attached hydrogens (tertiary/aromatic N) is 1. The summed E-state index contributed by atoms with van der Waals surface area (Å²) in [6.45, 7) is 5.44. The van der Waals surface area contributed by atoms with Gasteiger partial charge in [-0.3, -0.25) is 9.69 Å². The van der Waals surface area contributed by atoms with E-state index < -0.39 is 11.7 Å². The van der Waals surface area contributed by atoms with E-state index in [2.05, 4.69) is 24.1 Å². The van der Waals surface area contributed by atoms with Crippen LogP contribution in [0.5, 0.6) is 0 Å². The summed E-state index contributed by atoms with van der Waals surface area (Å²) in [6.07, 6.45) is -2.01. The number of halogens is 3. The molecule has 2 aromatic rings. The summed E-state index contributed by atoms with van der Waals surface area (Å²) >= 11 is 1.64. The van der Waals surface area contributed by atoms with Crippen LogP contribution in [0.3, 0.4) is 0 Å². The Kier molecular flexibility index (Phi) is 6.27. The van der Waals surface area contributed by atoms with E-state index in [1.165, 1.54) is 6.07 Å². The summed E-state index contributed by atoms with van der Waals surface area (Å²) in [5, 5.41) is 5.20. The van der Waals surface area contributed by atoms with E-state index >= 15 is 0 Å². The van der Waals surface area contributed by atoms with Crippen LogP contribution in [0.15, 0.2) is 35.8 Å². The fraction of sp³-hybridized carbons (Fsp3) is 0.500. The summed E-state index contributed by atoms with van der Waals surface area (Å²) in [7, 11) is 0. The molecule has 1 aliphatic rings. The van der Waals surface area contributed by atoms with Crippen molar-refractivity contribution in [3.63, 3.8) is 0 Å². The van der Waals surface area contributed by atoms with E-state index in [-0.39, 0.29) is 17.9 Å². The fourth-order valence-corrected chi connectivity index (χ4v) is 4.43. The number of pyridine rings is 1. The highest BCUT2D eigenvalue weighted by atomic mass is 32.1. The number of anilines is 1. The molecule has 0 aromatic carbocycles. The van der Waals surface area contributed by atoms with E-state index in [1.807, 2.05) is 22.4 Å². The zero-order valence-electron chi connectivity index (χ0n) is 15.9. The van der Waals surface area contributed by atoms with Gasteiger partial charge >= 0.3 is 6.18 Å². The van der Waals surface area contributed by atoms with Crippen LogP contribution in [0, 0.1) is 11.8 Å². The van der Waals surface area contributed by atoms with E-state index in [4.69, 9.17) is 0 Å². The summed E-state index contributed by atoms with van der Waals surface area (Å²) in [5.41, 5.74) is -0.696. The van der Waals surface area contributed by atoms with Gasteiger partial charge in [0.2, 0.25) is 5.91 Å². The Hall–Kier alpha value is -2.09. The number of hydrogen-bond acceptors (Lipinski definition) is 3. The topological polar surface area (TPSA) is 46.5 Å². The zero-order chi connectivity index (χ0) is 20.3. The smallest absolute Gasteiger partial charge is 0.348 e. The maximum absolute atomic E-state index is 12.7. The quantitative estimate of drug-likeness (QED) is 0.796. The molecule has 1 amide bonds. The molecule has 8 heteroatoms. The Balaban J connectivity index is 1.56. The van der Waals surface area contributed by atoms with Crippen LogP contribution in [0.4, 0.5) is 19.0 Å². The number of piperidine rings is 1. The Morgan fingerprint density at radius 3 is 2.46 bits per heavy atom. The number of carbonyl (C=O) groups is 1. The van der Waals surface area contributed by atoms with Gasteiger partial charge in [-0.1, -0.05) is 19.9 Å². The van der Waals surface area contributed by atoms with Gasteiger partial charge in [0.05, 0.1) is 24.7 Å². The molecule has 1 atom stereocenters. The number of aromatic nitrogens is 1. The van der Waals surface area contributed by atoms with Gasteiger partial charge in [0, 0.05) is 16.9 Å². The first-order chi connectivity index (χ1) is 13.3. The molecule has 152 valence electrons. The van der Waals surface area contributed by atoms with E-state index in [0.717, 1.165) is 17.1 Å². The molecule has 3 rings (SSSR count). The van der Waals surface area contributed by atoms with Crippen molar-refractivity contribution < 1.29 is 22.9 Å². The van der Waals surface area contributed by atoms with Crippen LogP contribution in [0.25, 0.3) is 0 Å². The molecule has 1 saturated heterocycles. The van der Waals surface area contributed by atoms with Crippen molar-refractivity contribution in [2.24, 2.45) is 11.8 Å². The second kappa shape index (κ2) is 8.51. The monoisotopic (exact) mass is 412 g/mol. The molecular formula is C20H25F3N3OS+. The standard InChI is InChI=1S/C20H24F3N3OS/c1-13(2)18(16-4-3-11-28-16)25-19(27)14-7-9-26(10-8-14)17-6-5-15(12-24-17)20(21,22)23/h3-6,11-14,18H,7-10H2,1-2H3,(H,25,27)/p+1/t18-/m1/s1. The van der Waals surface area contributed by atoms with Gasteiger partial charge in [0.15, 0.2) is 0 Å². The summed E-state index contributed by atoms with van der Waals surface area (Å²) in [5.74, 6) is 0.921. The average Bonchev–Trinajstić information content (AvgIpc) is 3.19. The first-order valence-corrected chi connectivity index (χ1v) is 10.3. The van der Waals surface area contributed by atoms with E-state index in [0.29, 0.717) is 37.7 Å². The molecule has 2 aromatic heterocycles. The highest BCUT2D eigenvalue weighted by molar-refractivity contribution is 7.10. The molecule has 0 bridgehead atoms. The molecular weight excluding hydrogens is 387 g/mol. The lowest BCUT2D eigenvalue weighted by molar-refractivity contribution is -0.367. The van der Waals surface area contributed by atoms with Gasteiger partial charge in [-0.15, -0.1) is 11.3 Å². The molecule has 0 aliphatic carbocycles. The Morgan fingerprint density at radius 2 is 1.96 bits per heavy atom. The van der Waals surface area contributed by atoms with Crippen molar-refractivity contribution in [3.8, 4) is 0 Å². The van der Waals surface area contributed by atoms with Gasteiger partial charge in [0.1, 0.15) is 6.20 Å². The highest BCUT2D eigenvalue weighted by Crippen LogP contribution is 2.30. The normalized spacial score (nSPS) is 17.0. The maximum atomic E-state index is 12.7. The van der Waals surface area contributed by atoms with Crippen molar-refractivity contribution >= 4 is 23.1 Å². The maximum Gasteiger partial charge on any atom is 0.419 e. The number of thiophene rings is 1. The van der Waals surface area contributed by atoms with Gasteiger partial charge in [-0.25, -0.2) is 4.98 Å². The van der Waals surface area contributed by atoms with Crippen molar-refractivity contribution in [2.75, 3.05) is 18.0 Å². The van der Waals surface area contributed by atoms with Crippen molar-refractivity contribution in [3.05, 3.63) is 46.3 Å². The molecule has 2 N–H and O–H groups in total.